The number of Topliss-reactive ketones (excluding diaryl/α,β-unsaturated/α-hetero) is 1. The van der Waals surface area contributed by atoms with Crippen LogP contribution >= 0.6 is 0 Å². The summed E-state index contributed by atoms with van der Waals surface area (Å²) in [6, 6.07) is 4.72. The Labute approximate surface area is 137 Å². The maximum atomic E-state index is 14.3. The Morgan fingerprint density at radius 3 is 2.26 bits per heavy atom. The molecule has 1 heterocycles. The second-order valence-corrected chi connectivity index (χ2v) is 5.96. The Balaban J connectivity index is 2.01. The molecule has 0 N–H and O–H groups in total. The molecule has 0 aliphatic carbocycles. The van der Waals surface area contributed by atoms with Gasteiger partial charge in [0.1, 0.15) is 5.82 Å². The lowest BCUT2D eigenvalue weighted by molar-refractivity contribution is -0.131. The molecule has 0 radical (unpaired) electrons. The van der Waals surface area contributed by atoms with E-state index in [1.165, 1.54) is 6.07 Å². The van der Waals surface area contributed by atoms with Crippen LogP contribution in [0.1, 0.15) is 49.9 Å². The number of halogens is 1. The molecule has 2 rings (SSSR count). The SMILES string of the molecule is CCCC(=O)c1ccc(N2CCN(C(=O)CCC)CC2)c(F)c1. The third-order valence-corrected chi connectivity index (χ3v) is 4.18. The minimum absolute atomic E-state index is 0.0204. The molecule has 0 spiro atoms. The lowest BCUT2D eigenvalue weighted by Gasteiger charge is -2.36. The van der Waals surface area contributed by atoms with Gasteiger partial charge in [-0.1, -0.05) is 13.8 Å². The third kappa shape index (κ3) is 4.30. The molecule has 0 unspecified atom stereocenters. The lowest BCUT2D eigenvalue weighted by Crippen LogP contribution is -2.49. The van der Waals surface area contributed by atoms with Crippen LogP contribution < -0.4 is 4.90 Å². The van der Waals surface area contributed by atoms with E-state index in [0.29, 0.717) is 50.3 Å². The molecule has 4 nitrogen and oxygen atoms in total. The molecule has 1 aliphatic rings. The maximum Gasteiger partial charge on any atom is 0.222 e. The van der Waals surface area contributed by atoms with Gasteiger partial charge in [-0.05, 0) is 31.0 Å². The Hall–Kier alpha value is -1.91. The van der Waals surface area contributed by atoms with E-state index in [2.05, 4.69) is 0 Å². The minimum atomic E-state index is -0.361. The van der Waals surface area contributed by atoms with Crippen molar-refractivity contribution in [3.05, 3.63) is 29.6 Å². The summed E-state index contributed by atoms with van der Waals surface area (Å²) >= 11 is 0. The first kappa shape index (κ1) is 17.4. The summed E-state index contributed by atoms with van der Waals surface area (Å²) in [5.41, 5.74) is 0.950. The van der Waals surface area contributed by atoms with Crippen LogP contribution in [0.2, 0.25) is 0 Å². The fraction of sp³-hybridized carbons (Fsp3) is 0.556. The second-order valence-electron chi connectivity index (χ2n) is 5.96. The molecule has 1 aromatic rings. The smallest absolute Gasteiger partial charge is 0.222 e. The van der Waals surface area contributed by atoms with Gasteiger partial charge in [0, 0.05) is 44.6 Å². The van der Waals surface area contributed by atoms with Crippen molar-refractivity contribution in [2.24, 2.45) is 0 Å². The summed E-state index contributed by atoms with van der Waals surface area (Å²) < 4.78 is 14.3. The van der Waals surface area contributed by atoms with E-state index in [9.17, 15) is 14.0 Å². The summed E-state index contributed by atoms with van der Waals surface area (Å²) in [4.78, 5) is 27.5. The first-order valence-corrected chi connectivity index (χ1v) is 8.42. The summed E-state index contributed by atoms with van der Waals surface area (Å²) in [6.07, 6.45) is 2.62. The zero-order valence-electron chi connectivity index (χ0n) is 14.0. The molecule has 5 heteroatoms. The predicted molar refractivity (Wildman–Crippen MR) is 89.3 cm³/mol. The maximum absolute atomic E-state index is 14.3. The van der Waals surface area contributed by atoms with Gasteiger partial charge < -0.3 is 9.80 Å². The molecule has 0 atom stereocenters. The third-order valence-electron chi connectivity index (χ3n) is 4.18. The summed E-state index contributed by atoms with van der Waals surface area (Å²) in [7, 11) is 0. The molecule has 0 saturated carbocycles. The lowest BCUT2D eigenvalue weighted by atomic mass is 10.1. The summed E-state index contributed by atoms with van der Waals surface area (Å²) in [5.74, 6) is -0.207. The number of ketones is 1. The largest absolute Gasteiger partial charge is 0.366 e. The first-order chi connectivity index (χ1) is 11.1. The molecular weight excluding hydrogens is 295 g/mol. The topological polar surface area (TPSA) is 40.6 Å². The van der Waals surface area contributed by atoms with Gasteiger partial charge in [-0.15, -0.1) is 0 Å². The molecule has 1 amide bonds. The molecule has 126 valence electrons. The van der Waals surface area contributed by atoms with Crippen LogP contribution in [0.5, 0.6) is 0 Å². The highest BCUT2D eigenvalue weighted by Gasteiger charge is 2.22. The highest BCUT2D eigenvalue weighted by Crippen LogP contribution is 2.23. The molecule has 1 fully saturated rings. The molecular formula is C18H25FN2O2. The standard InChI is InChI=1S/C18H25FN2O2/c1-3-5-17(22)14-7-8-16(15(19)13-14)20-9-11-21(12-10-20)18(23)6-4-2/h7-8,13H,3-6,9-12H2,1-2H3. The van der Waals surface area contributed by atoms with E-state index in [4.69, 9.17) is 0 Å². The highest BCUT2D eigenvalue weighted by molar-refractivity contribution is 5.96. The van der Waals surface area contributed by atoms with Crippen molar-refractivity contribution in [2.75, 3.05) is 31.1 Å². The Morgan fingerprint density at radius 2 is 1.70 bits per heavy atom. The number of benzene rings is 1. The number of piperazine rings is 1. The van der Waals surface area contributed by atoms with Crippen LogP contribution in [0.15, 0.2) is 18.2 Å². The zero-order valence-corrected chi connectivity index (χ0v) is 14.0. The van der Waals surface area contributed by atoms with Crippen molar-refractivity contribution in [2.45, 2.75) is 39.5 Å². The fourth-order valence-electron chi connectivity index (χ4n) is 2.88. The van der Waals surface area contributed by atoms with Gasteiger partial charge in [-0.2, -0.15) is 0 Å². The van der Waals surface area contributed by atoms with Crippen molar-refractivity contribution in [1.29, 1.82) is 0 Å². The van der Waals surface area contributed by atoms with E-state index in [1.54, 1.807) is 12.1 Å². The van der Waals surface area contributed by atoms with Crippen LogP contribution in [0, 0.1) is 5.82 Å². The van der Waals surface area contributed by atoms with Crippen molar-refractivity contribution >= 4 is 17.4 Å². The van der Waals surface area contributed by atoms with Gasteiger partial charge >= 0.3 is 0 Å². The highest BCUT2D eigenvalue weighted by atomic mass is 19.1. The molecule has 0 bridgehead atoms. The summed E-state index contributed by atoms with van der Waals surface area (Å²) in [6.45, 7) is 6.40. The van der Waals surface area contributed by atoms with Crippen LogP contribution in [-0.2, 0) is 4.79 Å². The summed E-state index contributed by atoms with van der Waals surface area (Å²) in [5, 5.41) is 0. The van der Waals surface area contributed by atoms with Crippen LogP contribution in [-0.4, -0.2) is 42.8 Å². The Kier molecular flexibility index (Phi) is 6.13. The van der Waals surface area contributed by atoms with Gasteiger partial charge in [-0.25, -0.2) is 4.39 Å². The number of hydrogen-bond acceptors (Lipinski definition) is 3. The molecule has 23 heavy (non-hydrogen) atoms. The number of rotatable bonds is 6. The average Bonchev–Trinajstić information content (AvgIpc) is 2.55. The van der Waals surface area contributed by atoms with Gasteiger partial charge in [0.2, 0.25) is 5.91 Å². The number of carbonyl (C=O) groups excluding carboxylic acids is 2. The predicted octanol–water partition coefficient (Wildman–Crippen LogP) is 3.26. The quantitative estimate of drug-likeness (QED) is 0.756. The van der Waals surface area contributed by atoms with Crippen molar-refractivity contribution in [3.63, 3.8) is 0 Å². The number of anilines is 1. The monoisotopic (exact) mass is 320 g/mol. The van der Waals surface area contributed by atoms with E-state index in [0.717, 1.165) is 12.8 Å². The van der Waals surface area contributed by atoms with E-state index < -0.39 is 0 Å². The molecule has 1 aromatic carbocycles. The van der Waals surface area contributed by atoms with Gasteiger partial charge in [0.05, 0.1) is 5.69 Å². The van der Waals surface area contributed by atoms with Gasteiger partial charge in [0.25, 0.3) is 0 Å². The van der Waals surface area contributed by atoms with Crippen LogP contribution in [0.3, 0.4) is 0 Å². The number of hydrogen-bond donors (Lipinski definition) is 0. The van der Waals surface area contributed by atoms with Crippen molar-refractivity contribution in [1.82, 2.24) is 4.90 Å². The molecule has 0 aromatic heterocycles. The van der Waals surface area contributed by atoms with E-state index >= 15 is 0 Å². The van der Waals surface area contributed by atoms with E-state index in [-0.39, 0.29) is 17.5 Å². The van der Waals surface area contributed by atoms with Gasteiger partial charge in [0.15, 0.2) is 5.78 Å². The number of nitrogens with zero attached hydrogens (tertiary/aromatic N) is 2. The number of carbonyl (C=O) groups is 2. The van der Waals surface area contributed by atoms with Crippen molar-refractivity contribution in [3.8, 4) is 0 Å². The zero-order chi connectivity index (χ0) is 16.8. The Morgan fingerprint density at radius 1 is 1.04 bits per heavy atom. The normalized spacial score (nSPS) is 14.9. The molecule has 1 aliphatic heterocycles. The van der Waals surface area contributed by atoms with Gasteiger partial charge in [-0.3, -0.25) is 9.59 Å². The Bertz CT molecular complexity index is 566. The first-order valence-electron chi connectivity index (χ1n) is 8.42. The minimum Gasteiger partial charge on any atom is -0.366 e. The number of amides is 1. The van der Waals surface area contributed by atoms with E-state index in [1.807, 2.05) is 23.6 Å². The average molecular weight is 320 g/mol. The second kappa shape index (κ2) is 8.09. The van der Waals surface area contributed by atoms with Crippen LogP contribution in [0.4, 0.5) is 10.1 Å². The molecule has 1 saturated heterocycles. The fourth-order valence-corrected chi connectivity index (χ4v) is 2.88. The van der Waals surface area contributed by atoms with Crippen LogP contribution in [0.25, 0.3) is 0 Å². The van der Waals surface area contributed by atoms with Crippen molar-refractivity contribution < 1.29 is 14.0 Å².